The minimum Gasteiger partial charge on any atom is -0.339 e. The van der Waals surface area contributed by atoms with E-state index in [1.165, 1.54) is 24.3 Å². The molecule has 0 aliphatic rings. The summed E-state index contributed by atoms with van der Waals surface area (Å²) in [6.45, 7) is 4.84. The number of benzene rings is 1. The number of hydrogen-bond donors (Lipinski definition) is 1. The fraction of sp³-hybridized carbons (Fsp3) is 0.188. The van der Waals surface area contributed by atoms with E-state index in [0.717, 1.165) is 0 Å². The minimum absolute atomic E-state index is 0.0804. The van der Waals surface area contributed by atoms with E-state index < -0.39 is 10.0 Å². The summed E-state index contributed by atoms with van der Waals surface area (Å²) in [6.07, 6.45) is 0. The molecule has 25 heavy (non-hydrogen) atoms. The second-order valence-corrected chi connectivity index (χ2v) is 8.31. The molecule has 7 nitrogen and oxygen atoms in total. The lowest BCUT2D eigenvalue weighted by atomic mass is 10.1. The van der Waals surface area contributed by atoms with Gasteiger partial charge in [-0.1, -0.05) is 5.16 Å². The fourth-order valence-electron chi connectivity index (χ4n) is 2.22. The Morgan fingerprint density at radius 2 is 1.88 bits per heavy atom. The van der Waals surface area contributed by atoms with Gasteiger partial charge in [-0.05, 0) is 44.2 Å². The number of thiophene rings is 1. The number of hydrogen-bond acceptors (Lipinski definition) is 7. The summed E-state index contributed by atoms with van der Waals surface area (Å²) in [5, 5.41) is 3.81. The number of nitrogens with zero attached hydrogens (tertiary/aromatic N) is 2. The number of anilines is 1. The van der Waals surface area contributed by atoms with E-state index in [4.69, 9.17) is 4.52 Å². The highest BCUT2D eigenvalue weighted by molar-refractivity contribution is 7.93. The van der Waals surface area contributed by atoms with Gasteiger partial charge in [-0.25, -0.2) is 8.42 Å². The summed E-state index contributed by atoms with van der Waals surface area (Å²) >= 11 is 1.28. The third kappa shape index (κ3) is 3.62. The number of nitrogens with one attached hydrogen (secondary N) is 1. The molecule has 0 amide bonds. The molecule has 0 unspecified atom stereocenters. The van der Waals surface area contributed by atoms with Crippen molar-refractivity contribution in [3.05, 3.63) is 46.7 Å². The van der Waals surface area contributed by atoms with Crippen LogP contribution in [0.2, 0.25) is 0 Å². The summed E-state index contributed by atoms with van der Waals surface area (Å²) in [5.74, 6) is 0.690. The molecule has 2 heterocycles. The fourth-order valence-corrected chi connectivity index (χ4v) is 4.80. The maximum atomic E-state index is 12.7. The van der Waals surface area contributed by atoms with E-state index in [1.54, 1.807) is 38.1 Å². The normalized spacial score (nSPS) is 11.5. The summed E-state index contributed by atoms with van der Waals surface area (Å²) in [5.41, 5.74) is 0.900. The molecule has 2 aromatic heterocycles. The van der Waals surface area contributed by atoms with Crippen LogP contribution in [-0.2, 0) is 10.0 Å². The van der Waals surface area contributed by atoms with E-state index in [0.29, 0.717) is 32.7 Å². The van der Waals surface area contributed by atoms with E-state index in [9.17, 15) is 13.2 Å². The molecule has 0 radical (unpaired) electrons. The second kappa shape index (κ2) is 6.41. The molecular formula is C16H15N3O4S2. The third-order valence-electron chi connectivity index (χ3n) is 3.45. The number of Topliss-reactive ketones (excluding diaryl/α,β-unsaturated/α-hetero) is 1. The number of aryl methyl sites for hydroxylation is 2. The van der Waals surface area contributed by atoms with Crippen molar-refractivity contribution in [1.29, 1.82) is 0 Å². The zero-order chi connectivity index (χ0) is 18.2. The second-order valence-electron chi connectivity index (χ2n) is 5.41. The van der Waals surface area contributed by atoms with Crippen molar-refractivity contribution in [2.45, 2.75) is 25.7 Å². The Morgan fingerprint density at radius 1 is 1.20 bits per heavy atom. The van der Waals surface area contributed by atoms with E-state index in [-0.39, 0.29) is 10.7 Å². The van der Waals surface area contributed by atoms with Crippen LogP contribution in [0.4, 0.5) is 5.69 Å². The largest absolute Gasteiger partial charge is 0.339 e. The minimum atomic E-state index is -3.77. The number of sulfonamides is 1. The molecule has 0 fully saturated rings. The summed E-state index contributed by atoms with van der Waals surface area (Å²) in [6, 6.07) is 7.79. The first-order valence-electron chi connectivity index (χ1n) is 7.31. The molecule has 0 atom stereocenters. The van der Waals surface area contributed by atoms with Gasteiger partial charge in [0.1, 0.15) is 4.90 Å². The molecule has 0 bridgehead atoms. The van der Waals surface area contributed by atoms with Crippen molar-refractivity contribution in [2.24, 2.45) is 0 Å². The van der Waals surface area contributed by atoms with Crippen LogP contribution < -0.4 is 4.72 Å². The van der Waals surface area contributed by atoms with Crippen molar-refractivity contribution in [1.82, 2.24) is 10.1 Å². The SMILES string of the molecule is CC(=O)c1ccc(NS(=O)(=O)c2cc(-c3noc(C)n3)sc2C)cc1. The van der Waals surface area contributed by atoms with Crippen LogP contribution in [0.15, 0.2) is 39.8 Å². The smallest absolute Gasteiger partial charge is 0.263 e. The quantitative estimate of drug-likeness (QED) is 0.684. The third-order valence-corrected chi connectivity index (χ3v) is 6.14. The van der Waals surface area contributed by atoms with Gasteiger partial charge in [-0.3, -0.25) is 9.52 Å². The average Bonchev–Trinajstić information content (AvgIpc) is 3.13. The Bertz CT molecular complexity index is 1030. The highest BCUT2D eigenvalue weighted by Gasteiger charge is 2.22. The zero-order valence-corrected chi connectivity index (χ0v) is 15.4. The molecule has 0 aliphatic heterocycles. The first kappa shape index (κ1) is 17.3. The number of ketones is 1. The predicted molar refractivity (Wildman–Crippen MR) is 94.3 cm³/mol. The number of carbonyl (C=O) groups is 1. The Kier molecular flexibility index (Phi) is 4.44. The first-order valence-corrected chi connectivity index (χ1v) is 9.61. The standard InChI is InChI=1S/C16H15N3O4S2/c1-9(20)12-4-6-13(7-5-12)19-25(21,22)15-8-14(24-10(15)2)16-17-11(3)23-18-16/h4-8,19H,1-3H3. The van der Waals surface area contributed by atoms with Crippen molar-refractivity contribution in [3.63, 3.8) is 0 Å². The van der Waals surface area contributed by atoms with Gasteiger partial charge in [-0.2, -0.15) is 4.98 Å². The number of rotatable bonds is 5. The topological polar surface area (TPSA) is 102 Å². The van der Waals surface area contributed by atoms with E-state index in [2.05, 4.69) is 14.9 Å². The first-order chi connectivity index (χ1) is 11.8. The average molecular weight is 377 g/mol. The summed E-state index contributed by atoms with van der Waals surface area (Å²) in [7, 11) is -3.77. The van der Waals surface area contributed by atoms with Crippen LogP contribution in [-0.4, -0.2) is 24.3 Å². The van der Waals surface area contributed by atoms with Gasteiger partial charge in [0.05, 0.1) is 4.88 Å². The highest BCUT2D eigenvalue weighted by atomic mass is 32.2. The van der Waals surface area contributed by atoms with Crippen LogP contribution in [0.1, 0.15) is 28.0 Å². The summed E-state index contributed by atoms with van der Waals surface area (Å²) in [4.78, 5) is 16.8. The van der Waals surface area contributed by atoms with Crippen molar-refractivity contribution in [2.75, 3.05) is 4.72 Å². The lowest BCUT2D eigenvalue weighted by molar-refractivity contribution is 0.101. The van der Waals surface area contributed by atoms with E-state index >= 15 is 0 Å². The molecule has 0 spiro atoms. The van der Waals surface area contributed by atoms with Crippen LogP contribution in [0.25, 0.3) is 10.7 Å². The Hall–Kier alpha value is -2.52. The zero-order valence-electron chi connectivity index (χ0n) is 13.7. The molecule has 0 saturated heterocycles. The maximum absolute atomic E-state index is 12.7. The molecule has 0 saturated carbocycles. The predicted octanol–water partition coefficient (Wildman–Crippen LogP) is 3.42. The Morgan fingerprint density at radius 3 is 2.44 bits per heavy atom. The molecular weight excluding hydrogens is 362 g/mol. The van der Waals surface area contributed by atoms with Crippen LogP contribution in [0.3, 0.4) is 0 Å². The van der Waals surface area contributed by atoms with Crippen molar-refractivity contribution >= 4 is 32.8 Å². The summed E-state index contributed by atoms with van der Waals surface area (Å²) < 4.78 is 32.8. The maximum Gasteiger partial charge on any atom is 0.263 e. The molecule has 3 aromatic rings. The van der Waals surface area contributed by atoms with Crippen molar-refractivity contribution < 1.29 is 17.7 Å². The lowest BCUT2D eigenvalue weighted by Crippen LogP contribution is -2.13. The van der Waals surface area contributed by atoms with Gasteiger partial charge in [0.25, 0.3) is 10.0 Å². The molecule has 1 N–H and O–H groups in total. The molecule has 130 valence electrons. The molecule has 9 heteroatoms. The van der Waals surface area contributed by atoms with Gasteiger partial charge in [0.2, 0.25) is 11.7 Å². The van der Waals surface area contributed by atoms with Crippen LogP contribution >= 0.6 is 11.3 Å². The molecule has 3 rings (SSSR count). The molecule has 1 aromatic carbocycles. The Labute approximate surface area is 148 Å². The number of carbonyl (C=O) groups excluding carboxylic acids is 1. The van der Waals surface area contributed by atoms with Gasteiger partial charge in [-0.15, -0.1) is 11.3 Å². The number of aromatic nitrogens is 2. The van der Waals surface area contributed by atoms with Gasteiger partial charge < -0.3 is 4.52 Å². The van der Waals surface area contributed by atoms with Gasteiger partial charge in [0, 0.05) is 23.1 Å². The van der Waals surface area contributed by atoms with Gasteiger partial charge in [0.15, 0.2) is 5.78 Å². The van der Waals surface area contributed by atoms with Gasteiger partial charge >= 0.3 is 0 Å². The van der Waals surface area contributed by atoms with Crippen LogP contribution in [0, 0.1) is 13.8 Å². The van der Waals surface area contributed by atoms with E-state index in [1.807, 2.05) is 0 Å². The van der Waals surface area contributed by atoms with Crippen molar-refractivity contribution in [3.8, 4) is 10.7 Å². The molecule has 0 aliphatic carbocycles. The highest BCUT2D eigenvalue weighted by Crippen LogP contribution is 2.32. The van der Waals surface area contributed by atoms with Crippen LogP contribution in [0.5, 0.6) is 0 Å². The lowest BCUT2D eigenvalue weighted by Gasteiger charge is -2.08. The monoisotopic (exact) mass is 377 g/mol. The Balaban J connectivity index is 1.89.